The molecule has 146 valence electrons. The first-order valence-corrected chi connectivity index (χ1v) is 11.0. The number of sulfonamides is 1. The molecule has 0 radical (unpaired) electrons. The molecule has 8 heteroatoms. The van der Waals surface area contributed by atoms with Crippen molar-refractivity contribution in [1.29, 1.82) is 0 Å². The van der Waals surface area contributed by atoms with E-state index in [9.17, 15) is 18.3 Å². The Kier molecular flexibility index (Phi) is 5.14. The molecule has 0 aliphatic carbocycles. The molecule has 0 spiro atoms. The van der Waals surface area contributed by atoms with E-state index >= 15 is 0 Å². The summed E-state index contributed by atoms with van der Waals surface area (Å²) in [6.45, 7) is 0. The van der Waals surface area contributed by atoms with Crippen molar-refractivity contribution in [2.24, 2.45) is 0 Å². The first-order valence-electron chi connectivity index (χ1n) is 8.68. The molecule has 4 rings (SSSR count). The fourth-order valence-electron chi connectivity index (χ4n) is 2.93. The highest BCUT2D eigenvalue weighted by atomic mass is 32.2. The average molecular weight is 425 g/mol. The number of anilines is 1. The minimum atomic E-state index is -3.84. The van der Waals surface area contributed by atoms with Gasteiger partial charge in [0.25, 0.3) is 10.0 Å². The van der Waals surface area contributed by atoms with E-state index in [4.69, 9.17) is 0 Å². The van der Waals surface area contributed by atoms with Gasteiger partial charge in [0.1, 0.15) is 16.5 Å². The molecule has 1 unspecified atom stereocenters. The van der Waals surface area contributed by atoms with Crippen LogP contribution >= 0.6 is 11.3 Å². The van der Waals surface area contributed by atoms with Crippen molar-refractivity contribution in [3.05, 3.63) is 89.4 Å². The van der Waals surface area contributed by atoms with E-state index < -0.39 is 21.9 Å². The molecule has 2 N–H and O–H groups in total. The molecular formula is C21H16N2O4S2. The first kappa shape index (κ1) is 19.3. The lowest BCUT2D eigenvalue weighted by atomic mass is 10.00. The van der Waals surface area contributed by atoms with Crippen LogP contribution in [0.25, 0.3) is 10.2 Å². The smallest absolute Gasteiger partial charge is 0.264 e. The summed E-state index contributed by atoms with van der Waals surface area (Å²) >= 11 is 1.37. The zero-order valence-electron chi connectivity index (χ0n) is 15.0. The van der Waals surface area contributed by atoms with Gasteiger partial charge in [0.2, 0.25) is 0 Å². The third-order valence-corrected chi connectivity index (χ3v) is 6.61. The highest BCUT2D eigenvalue weighted by Gasteiger charge is 2.21. The third kappa shape index (κ3) is 3.91. The number of hydrogen-bond donors (Lipinski definition) is 2. The second-order valence-electron chi connectivity index (χ2n) is 6.32. The minimum Gasteiger partial charge on any atom is -0.380 e. The number of ketones is 1. The van der Waals surface area contributed by atoms with Gasteiger partial charge in [-0.1, -0.05) is 36.4 Å². The second-order valence-corrected chi connectivity index (χ2v) is 8.85. The third-order valence-electron chi connectivity index (χ3n) is 4.40. The second kappa shape index (κ2) is 7.75. The standard InChI is InChI=1S/C21H16N2O4S2/c24-20(14-5-2-1-3-6-14)21(25)15-9-11-16(12-10-15)23-29(26,27)18-8-4-7-17-19(18)22-13-28-17/h1-13,20,23-24H. The van der Waals surface area contributed by atoms with E-state index in [0.29, 0.717) is 16.8 Å². The maximum Gasteiger partial charge on any atom is 0.264 e. The summed E-state index contributed by atoms with van der Waals surface area (Å²) < 4.78 is 28.8. The van der Waals surface area contributed by atoms with Crippen LogP contribution in [-0.2, 0) is 10.0 Å². The van der Waals surface area contributed by atoms with Gasteiger partial charge in [-0.3, -0.25) is 9.52 Å². The van der Waals surface area contributed by atoms with Crippen LogP contribution in [0.4, 0.5) is 5.69 Å². The van der Waals surface area contributed by atoms with Gasteiger partial charge in [0.15, 0.2) is 5.78 Å². The highest BCUT2D eigenvalue weighted by Crippen LogP contribution is 2.27. The maximum atomic E-state index is 12.8. The molecule has 6 nitrogen and oxygen atoms in total. The summed E-state index contributed by atoms with van der Waals surface area (Å²) in [4.78, 5) is 16.7. The molecular weight excluding hydrogens is 408 g/mol. The van der Waals surface area contributed by atoms with Crippen LogP contribution in [0.5, 0.6) is 0 Å². The number of benzene rings is 3. The van der Waals surface area contributed by atoms with Crippen molar-refractivity contribution in [3.8, 4) is 0 Å². The average Bonchev–Trinajstić information content (AvgIpc) is 3.22. The Hall–Kier alpha value is -3.07. The molecule has 29 heavy (non-hydrogen) atoms. The Bertz CT molecular complexity index is 1270. The Morgan fingerprint density at radius 3 is 2.41 bits per heavy atom. The van der Waals surface area contributed by atoms with Crippen LogP contribution in [-0.4, -0.2) is 24.3 Å². The lowest BCUT2D eigenvalue weighted by Crippen LogP contribution is -2.14. The van der Waals surface area contributed by atoms with E-state index in [-0.39, 0.29) is 10.5 Å². The van der Waals surface area contributed by atoms with E-state index in [1.54, 1.807) is 41.9 Å². The molecule has 0 saturated carbocycles. The van der Waals surface area contributed by atoms with Gasteiger partial charge in [-0.15, -0.1) is 11.3 Å². The molecule has 0 fully saturated rings. The van der Waals surface area contributed by atoms with Gasteiger partial charge >= 0.3 is 0 Å². The topological polar surface area (TPSA) is 96.4 Å². The number of rotatable bonds is 6. The van der Waals surface area contributed by atoms with E-state index in [1.165, 1.54) is 41.7 Å². The van der Waals surface area contributed by atoms with E-state index in [0.717, 1.165) is 4.70 Å². The van der Waals surface area contributed by atoms with Crippen molar-refractivity contribution >= 4 is 43.0 Å². The summed E-state index contributed by atoms with van der Waals surface area (Å²) in [6.07, 6.45) is -1.28. The molecule has 0 amide bonds. The van der Waals surface area contributed by atoms with Crippen LogP contribution in [0.2, 0.25) is 0 Å². The van der Waals surface area contributed by atoms with Gasteiger partial charge in [-0.05, 0) is 42.0 Å². The van der Waals surface area contributed by atoms with Crippen molar-refractivity contribution in [2.75, 3.05) is 4.72 Å². The number of para-hydroxylation sites is 1. The summed E-state index contributed by atoms with van der Waals surface area (Å²) in [6, 6.07) is 19.5. The Morgan fingerprint density at radius 2 is 1.69 bits per heavy atom. The zero-order valence-corrected chi connectivity index (χ0v) is 16.7. The highest BCUT2D eigenvalue weighted by molar-refractivity contribution is 7.93. The summed E-state index contributed by atoms with van der Waals surface area (Å²) in [5.41, 5.74) is 3.11. The van der Waals surface area contributed by atoms with Gasteiger partial charge in [-0.2, -0.15) is 0 Å². The molecule has 1 aromatic heterocycles. The number of fused-ring (bicyclic) bond motifs is 1. The number of nitrogens with zero attached hydrogens (tertiary/aromatic N) is 1. The normalized spacial score (nSPS) is 12.6. The van der Waals surface area contributed by atoms with Crippen molar-refractivity contribution < 1.29 is 18.3 Å². The quantitative estimate of drug-likeness (QED) is 0.456. The van der Waals surface area contributed by atoms with Crippen LogP contribution in [0.15, 0.2) is 83.2 Å². The fourth-order valence-corrected chi connectivity index (χ4v) is 4.93. The lowest BCUT2D eigenvalue weighted by molar-refractivity contribution is 0.0747. The number of nitrogens with one attached hydrogen (secondary N) is 1. The molecule has 0 bridgehead atoms. The lowest BCUT2D eigenvalue weighted by Gasteiger charge is -2.12. The van der Waals surface area contributed by atoms with Crippen molar-refractivity contribution in [3.63, 3.8) is 0 Å². The number of aromatic nitrogens is 1. The summed E-state index contributed by atoms with van der Waals surface area (Å²) in [5.74, 6) is -0.460. The maximum absolute atomic E-state index is 12.8. The molecule has 3 aromatic carbocycles. The number of thiazole rings is 1. The first-order chi connectivity index (χ1) is 14.0. The Labute approximate surface area is 171 Å². The van der Waals surface area contributed by atoms with Gasteiger partial charge in [0, 0.05) is 11.3 Å². The predicted octanol–water partition coefficient (Wildman–Crippen LogP) is 4.01. The number of hydrogen-bond acceptors (Lipinski definition) is 6. The van der Waals surface area contributed by atoms with Gasteiger partial charge in [-0.25, -0.2) is 13.4 Å². The van der Waals surface area contributed by atoms with Gasteiger partial charge < -0.3 is 5.11 Å². The minimum absolute atomic E-state index is 0.0934. The molecule has 4 aromatic rings. The number of aliphatic hydroxyl groups is 1. The SMILES string of the molecule is O=C(c1ccc(NS(=O)(=O)c2cccc3scnc23)cc1)C(O)c1ccccc1. The fraction of sp³-hybridized carbons (Fsp3) is 0.0476. The predicted molar refractivity (Wildman–Crippen MR) is 113 cm³/mol. The molecule has 0 aliphatic rings. The zero-order chi connectivity index (χ0) is 20.4. The van der Waals surface area contributed by atoms with Crippen molar-refractivity contribution in [1.82, 2.24) is 4.98 Å². The number of aliphatic hydroxyl groups excluding tert-OH is 1. The van der Waals surface area contributed by atoms with E-state index in [1.807, 2.05) is 6.07 Å². The van der Waals surface area contributed by atoms with E-state index in [2.05, 4.69) is 9.71 Å². The van der Waals surface area contributed by atoms with Crippen molar-refractivity contribution in [2.45, 2.75) is 11.0 Å². The van der Waals surface area contributed by atoms with Crippen LogP contribution in [0.1, 0.15) is 22.0 Å². The van der Waals surface area contributed by atoms with Crippen LogP contribution < -0.4 is 4.72 Å². The number of carbonyl (C=O) groups excluding carboxylic acids is 1. The number of carbonyl (C=O) groups is 1. The molecule has 0 saturated heterocycles. The molecule has 1 heterocycles. The monoisotopic (exact) mass is 424 g/mol. The Morgan fingerprint density at radius 1 is 0.966 bits per heavy atom. The summed E-state index contributed by atoms with van der Waals surface area (Å²) in [7, 11) is -3.84. The van der Waals surface area contributed by atoms with Gasteiger partial charge in [0.05, 0.1) is 10.2 Å². The number of Topliss-reactive ketones (excluding diaryl/α,β-unsaturated/α-hetero) is 1. The summed E-state index contributed by atoms with van der Waals surface area (Å²) in [5, 5.41) is 10.3. The molecule has 1 atom stereocenters. The van der Waals surface area contributed by atoms with Crippen LogP contribution in [0.3, 0.4) is 0 Å². The molecule has 0 aliphatic heterocycles. The largest absolute Gasteiger partial charge is 0.380 e. The van der Waals surface area contributed by atoms with Crippen LogP contribution in [0, 0.1) is 0 Å². The Balaban J connectivity index is 1.55.